The molecule has 1 aliphatic carbocycles. The van der Waals surface area contributed by atoms with E-state index in [2.05, 4.69) is 19.2 Å². The highest BCUT2D eigenvalue weighted by molar-refractivity contribution is 5.30. The Hall–Kier alpha value is -0.960. The summed E-state index contributed by atoms with van der Waals surface area (Å²) < 4.78 is 27.5. The van der Waals surface area contributed by atoms with Crippen molar-refractivity contribution >= 4 is 0 Å². The molecule has 3 unspecified atom stereocenters. The predicted octanol–water partition coefficient (Wildman–Crippen LogP) is 3.46. The number of benzene rings is 1. The van der Waals surface area contributed by atoms with Crippen LogP contribution in [-0.4, -0.2) is 13.1 Å². The summed E-state index contributed by atoms with van der Waals surface area (Å²) in [6.07, 6.45) is 1.72. The third-order valence-corrected chi connectivity index (χ3v) is 4.52. The van der Waals surface area contributed by atoms with Crippen molar-refractivity contribution in [3.63, 3.8) is 0 Å². The van der Waals surface area contributed by atoms with Crippen molar-refractivity contribution < 1.29 is 8.78 Å². The molecule has 94 valence electrons. The molecule has 0 radical (unpaired) electrons. The van der Waals surface area contributed by atoms with E-state index in [9.17, 15) is 8.78 Å². The van der Waals surface area contributed by atoms with Crippen molar-refractivity contribution in [2.24, 2.45) is 5.41 Å². The first-order valence-electron chi connectivity index (χ1n) is 6.15. The van der Waals surface area contributed by atoms with Crippen LogP contribution in [0.25, 0.3) is 0 Å². The normalized spacial score (nSPS) is 32.3. The van der Waals surface area contributed by atoms with Gasteiger partial charge in [-0.15, -0.1) is 0 Å². The van der Waals surface area contributed by atoms with E-state index >= 15 is 0 Å². The van der Waals surface area contributed by atoms with Crippen LogP contribution in [0.5, 0.6) is 0 Å². The Kier molecular flexibility index (Phi) is 3.21. The molecule has 1 fully saturated rings. The van der Waals surface area contributed by atoms with Gasteiger partial charge in [0.15, 0.2) is 0 Å². The van der Waals surface area contributed by atoms with E-state index in [4.69, 9.17) is 0 Å². The smallest absolute Gasteiger partial charge is 0.129 e. The summed E-state index contributed by atoms with van der Waals surface area (Å²) in [5, 5.41) is 3.24. The van der Waals surface area contributed by atoms with Crippen LogP contribution in [0.15, 0.2) is 18.2 Å². The summed E-state index contributed by atoms with van der Waals surface area (Å²) in [6, 6.07) is 4.46. The molecule has 0 aliphatic heterocycles. The monoisotopic (exact) mass is 239 g/mol. The van der Waals surface area contributed by atoms with E-state index < -0.39 is 11.6 Å². The molecule has 0 spiro atoms. The van der Waals surface area contributed by atoms with Gasteiger partial charge in [-0.05, 0) is 43.4 Å². The van der Waals surface area contributed by atoms with Crippen molar-refractivity contribution in [2.75, 3.05) is 7.05 Å². The minimum Gasteiger partial charge on any atom is -0.316 e. The second-order valence-corrected chi connectivity index (χ2v) is 5.12. The summed E-state index contributed by atoms with van der Waals surface area (Å²) in [4.78, 5) is 0. The average Bonchev–Trinajstić information content (AvgIpc) is 2.31. The largest absolute Gasteiger partial charge is 0.316 e. The van der Waals surface area contributed by atoms with Crippen LogP contribution < -0.4 is 5.32 Å². The molecule has 1 saturated carbocycles. The molecule has 1 aromatic carbocycles. The van der Waals surface area contributed by atoms with Crippen LogP contribution in [0.4, 0.5) is 8.78 Å². The van der Waals surface area contributed by atoms with Crippen molar-refractivity contribution in [1.82, 2.24) is 5.32 Å². The first-order chi connectivity index (χ1) is 8.04. The Morgan fingerprint density at radius 1 is 1.35 bits per heavy atom. The molecule has 1 N–H and O–H groups in total. The molecule has 0 saturated heterocycles. The molecular formula is C14H19F2N. The van der Waals surface area contributed by atoms with Crippen molar-refractivity contribution in [3.8, 4) is 0 Å². The van der Waals surface area contributed by atoms with E-state index in [0.717, 1.165) is 12.8 Å². The number of rotatable bonds is 3. The molecule has 3 atom stereocenters. The Morgan fingerprint density at radius 3 is 2.41 bits per heavy atom. The molecule has 3 heteroatoms. The molecule has 2 rings (SSSR count). The molecule has 0 bridgehead atoms. The highest BCUT2D eigenvalue weighted by Gasteiger charge is 2.51. The van der Waals surface area contributed by atoms with Gasteiger partial charge in [0.25, 0.3) is 0 Å². The van der Waals surface area contributed by atoms with E-state index in [1.54, 1.807) is 0 Å². The fourth-order valence-corrected chi connectivity index (χ4v) is 3.09. The van der Waals surface area contributed by atoms with E-state index in [0.29, 0.717) is 6.04 Å². The van der Waals surface area contributed by atoms with Gasteiger partial charge >= 0.3 is 0 Å². The Bertz CT molecular complexity index is 398. The molecule has 1 aromatic rings. The van der Waals surface area contributed by atoms with Gasteiger partial charge in [-0.2, -0.15) is 0 Å². The fraction of sp³-hybridized carbons (Fsp3) is 0.571. The average molecular weight is 239 g/mol. The third-order valence-electron chi connectivity index (χ3n) is 4.52. The Balaban J connectivity index is 2.37. The lowest BCUT2D eigenvalue weighted by Crippen LogP contribution is -2.56. The quantitative estimate of drug-likeness (QED) is 0.851. The first-order valence-corrected chi connectivity index (χ1v) is 6.15. The van der Waals surface area contributed by atoms with Crippen LogP contribution in [-0.2, 0) is 0 Å². The predicted molar refractivity (Wildman–Crippen MR) is 65.0 cm³/mol. The minimum atomic E-state index is -0.413. The first kappa shape index (κ1) is 12.5. The van der Waals surface area contributed by atoms with Gasteiger partial charge in [0, 0.05) is 11.6 Å². The standard InChI is InChI=1S/C14H19F2N/c1-4-14(2)9(8-12(14)17-3)13-10(15)6-5-7-11(13)16/h5-7,9,12,17H,4,8H2,1-3H3. The van der Waals surface area contributed by atoms with Crippen LogP contribution in [0.1, 0.15) is 38.2 Å². The summed E-state index contributed by atoms with van der Waals surface area (Å²) in [6.45, 7) is 4.18. The number of hydrogen-bond donors (Lipinski definition) is 1. The third kappa shape index (κ3) is 1.77. The summed E-state index contributed by atoms with van der Waals surface area (Å²) in [7, 11) is 1.91. The molecular weight excluding hydrogens is 220 g/mol. The number of nitrogens with one attached hydrogen (secondary N) is 1. The van der Waals surface area contributed by atoms with Crippen LogP contribution in [0.3, 0.4) is 0 Å². The lowest BCUT2D eigenvalue weighted by atomic mass is 9.54. The van der Waals surface area contributed by atoms with E-state index in [1.165, 1.54) is 18.2 Å². The Labute approximate surface area is 101 Å². The highest BCUT2D eigenvalue weighted by atomic mass is 19.1. The van der Waals surface area contributed by atoms with Crippen LogP contribution in [0.2, 0.25) is 0 Å². The van der Waals surface area contributed by atoms with Crippen molar-refractivity contribution in [2.45, 2.75) is 38.6 Å². The van der Waals surface area contributed by atoms with Gasteiger partial charge < -0.3 is 5.32 Å². The molecule has 1 nitrogen and oxygen atoms in total. The summed E-state index contributed by atoms with van der Waals surface area (Å²) in [5.74, 6) is -0.848. The second-order valence-electron chi connectivity index (χ2n) is 5.12. The fourth-order valence-electron chi connectivity index (χ4n) is 3.09. The van der Waals surface area contributed by atoms with Gasteiger partial charge in [-0.3, -0.25) is 0 Å². The molecule has 0 amide bonds. The van der Waals surface area contributed by atoms with Gasteiger partial charge in [0.05, 0.1) is 0 Å². The molecule has 0 heterocycles. The van der Waals surface area contributed by atoms with E-state index in [-0.39, 0.29) is 16.9 Å². The van der Waals surface area contributed by atoms with Crippen molar-refractivity contribution in [1.29, 1.82) is 0 Å². The zero-order valence-electron chi connectivity index (χ0n) is 10.6. The second kappa shape index (κ2) is 4.37. The highest BCUT2D eigenvalue weighted by Crippen LogP contribution is 2.55. The number of hydrogen-bond acceptors (Lipinski definition) is 1. The van der Waals surface area contributed by atoms with Gasteiger partial charge in [-0.25, -0.2) is 8.78 Å². The van der Waals surface area contributed by atoms with Gasteiger partial charge in [0.2, 0.25) is 0 Å². The number of halogens is 2. The molecule has 0 aromatic heterocycles. The molecule has 1 aliphatic rings. The van der Waals surface area contributed by atoms with Crippen molar-refractivity contribution in [3.05, 3.63) is 35.4 Å². The molecule has 17 heavy (non-hydrogen) atoms. The zero-order chi connectivity index (χ0) is 12.6. The van der Waals surface area contributed by atoms with Crippen LogP contribution >= 0.6 is 0 Å². The minimum absolute atomic E-state index is 0.0221. The summed E-state index contributed by atoms with van der Waals surface area (Å²) in [5.41, 5.74) is 0.209. The summed E-state index contributed by atoms with van der Waals surface area (Å²) >= 11 is 0. The SMILES string of the molecule is CCC1(C)C(NC)CC1c1c(F)cccc1F. The lowest BCUT2D eigenvalue weighted by Gasteiger charge is -2.54. The van der Waals surface area contributed by atoms with E-state index in [1.807, 2.05) is 7.05 Å². The van der Waals surface area contributed by atoms with Crippen LogP contribution in [0, 0.1) is 17.0 Å². The lowest BCUT2D eigenvalue weighted by molar-refractivity contribution is 0.0452. The Morgan fingerprint density at radius 2 is 1.94 bits per heavy atom. The zero-order valence-corrected chi connectivity index (χ0v) is 10.6. The maximum atomic E-state index is 13.8. The van der Waals surface area contributed by atoms with Gasteiger partial charge in [0.1, 0.15) is 11.6 Å². The topological polar surface area (TPSA) is 12.0 Å². The maximum Gasteiger partial charge on any atom is 0.129 e. The maximum absolute atomic E-state index is 13.8. The van der Waals surface area contributed by atoms with Gasteiger partial charge in [-0.1, -0.05) is 19.9 Å².